The number of thiophene rings is 1. The van der Waals surface area contributed by atoms with E-state index in [0.717, 1.165) is 40.7 Å². The summed E-state index contributed by atoms with van der Waals surface area (Å²) in [4.78, 5) is 34.8. The maximum absolute atomic E-state index is 13.2. The average molecular weight is 448 g/mol. The van der Waals surface area contributed by atoms with Gasteiger partial charge in [-0.3, -0.25) is 14.2 Å². The molecule has 4 aromatic rings. The zero-order chi connectivity index (χ0) is 22.1. The fourth-order valence-electron chi connectivity index (χ4n) is 4.30. The number of carbonyl (C=O) groups excluding carboxylic acids is 1. The Labute approximate surface area is 190 Å². The minimum atomic E-state index is -0.0652. The lowest BCUT2D eigenvalue weighted by Crippen LogP contribution is -2.32. The molecule has 1 aromatic carbocycles. The first-order chi connectivity index (χ1) is 15.6. The van der Waals surface area contributed by atoms with Crippen LogP contribution in [0.3, 0.4) is 0 Å². The van der Waals surface area contributed by atoms with Gasteiger partial charge in [0, 0.05) is 23.5 Å². The fourth-order valence-corrected chi connectivity index (χ4v) is 5.52. The van der Waals surface area contributed by atoms with Crippen LogP contribution in [0.4, 0.5) is 5.69 Å². The Balaban J connectivity index is 1.39. The number of benzene rings is 1. The maximum atomic E-state index is 13.2. The van der Waals surface area contributed by atoms with E-state index in [1.165, 1.54) is 16.9 Å². The molecule has 0 N–H and O–H groups in total. The SMILES string of the molecule is Cc1ccc(N(Cc2ccco2)C(=O)CCn2cnc3sc4c(c3c2=O)CCCC4)cc1. The number of amides is 1. The van der Waals surface area contributed by atoms with Crippen LogP contribution in [0.2, 0.25) is 0 Å². The fraction of sp³-hybridized carbons (Fsp3) is 0.320. The van der Waals surface area contributed by atoms with E-state index in [1.807, 2.05) is 43.3 Å². The van der Waals surface area contributed by atoms with Crippen LogP contribution in [0.1, 0.15) is 41.0 Å². The third-order valence-electron chi connectivity index (χ3n) is 6.05. The second kappa shape index (κ2) is 8.74. The lowest BCUT2D eigenvalue weighted by atomic mass is 9.97. The standard InChI is InChI=1S/C25H25N3O3S/c1-17-8-10-18(11-9-17)28(15-19-5-4-14-31-19)22(29)12-13-27-16-26-24-23(25(27)30)20-6-2-3-7-21(20)32-24/h4-5,8-11,14,16H,2-3,6-7,12-13,15H2,1H3. The van der Waals surface area contributed by atoms with E-state index in [1.54, 1.807) is 33.4 Å². The van der Waals surface area contributed by atoms with E-state index in [-0.39, 0.29) is 17.9 Å². The molecule has 164 valence electrons. The van der Waals surface area contributed by atoms with E-state index in [2.05, 4.69) is 4.98 Å². The molecule has 1 aliphatic rings. The highest BCUT2D eigenvalue weighted by molar-refractivity contribution is 7.18. The summed E-state index contributed by atoms with van der Waals surface area (Å²) < 4.78 is 7.06. The van der Waals surface area contributed by atoms with Crippen LogP contribution in [0.15, 0.2) is 58.2 Å². The number of anilines is 1. The van der Waals surface area contributed by atoms with Crippen molar-refractivity contribution >= 4 is 33.1 Å². The molecule has 5 rings (SSSR count). The van der Waals surface area contributed by atoms with Crippen molar-refractivity contribution < 1.29 is 9.21 Å². The van der Waals surface area contributed by atoms with Gasteiger partial charge in [0.15, 0.2) is 0 Å². The number of furan rings is 1. The van der Waals surface area contributed by atoms with Crippen LogP contribution in [0.5, 0.6) is 0 Å². The number of rotatable bonds is 6. The van der Waals surface area contributed by atoms with Crippen LogP contribution < -0.4 is 10.5 Å². The normalized spacial score (nSPS) is 13.3. The predicted octanol–water partition coefficient (Wildman–Crippen LogP) is 4.86. The molecule has 3 heterocycles. The number of aryl methyl sites for hydroxylation is 4. The van der Waals surface area contributed by atoms with E-state index in [0.29, 0.717) is 18.8 Å². The van der Waals surface area contributed by atoms with Crippen LogP contribution in [-0.4, -0.2) is 15.5 Å². The van der Waals surface area contributed by atoms with Crippen LogP contribution in [-0.2, 0) is 30.7 Å². The summed E-state index contributed by atoms with van der Waals surface area (Å²) in [6.45, 7) is 2.66. The smallest absolute Gasteiger partial charge is 0.262 e. The summed E-state index contributed by atoms with van der Waals surface area (Å²) in [5, 5.41) is 0.755. The summed E-state index contributed by atoms with van der Waals surface area (Å²) in [6, 6.07) is 11.5. The minimum Gasteiger partial charge on any atom is -0.467 e. The quantitative estimate of drug-likeness (QED) is 0.423. The molecule has 0 radical (unpaired) electrons. The van der Waals surface area contributed by atoms with Gasteiger partial charge in [-0.25, -0.2) is 4.98 Å². The second-order valence-electron chi connectivity index (χ2n) is 8.28. The van der Waals surface area contributed by atoms with Crippen molar-refractivity contribution in [2.24, 2.45) is 0 Å². The zero-order valence-electron chi connectivity index (χ0n) is 18.0. The molecule has 0 atom stereocenters. The molecule has 0 unspecified atom stereocenters. The van der Waals surface area contributed by atoms with Gasteiger partial charge in [-0.05, 0) is 62.4 Å². The molecule has 0 saturated heterocycles. The van der Waals surface area contributed by atoms with Crippen LogP contribution >= 0.6 is 11.3 Å². The molecule has 0 spiro atoms. The van der Waals surface area contributed by atoms with Gasteiger partial charge in [0.2, 0.25) is 5.91 Å². The molecule has 0 fully saturated rings. The highest BCUT2D eigenvalue weighted by Crippen LogP contribution is 2.33. The van der Waals surface area contributed by atoms with Gasteiger partial charge < -0.3 is 9.32 Å². The number of fused-ring (bicyclic) bond motifs is 3. The van der Waals surface area contributed by atoms with E-state index >= 15 is 0 Å². The first-order valence-corrected chi connectivity index (χ1v) is 11.8. The Kier molecular flexibility index (Phi) is 5.66. The van der Waals surface area contributed by atoms with Gasteiger partial charge in [-0.1, -0.05) is 17.7 Å². The van der Waals surface area contributed by atoms with Crippen molar-refractivity contribution in [3.8, 4) is 0 Å². The summed E-state index contributed by atoms with van der Waals surface area (Å²) in [6.07, 6.45) is 7.66. The second-order valence-corrected chi connectivity index (χ2v) is 9.36. The maximum Gasteiger partial charge on any atom is 0.262 e. The molecule has 3 aromatic heterocycles. The van der Waals surface area contributed by atoms with Crippen molar-refractivity contribution in [2.45, 2.75) is 52.1 Å². The lowest BCUT2D eigenvalue weighted by molar-refractivity contribution is -0.119. The van der Waals surface area contributed by atoms with Crippen LogP contribution in [0, 0.1) is 6.92 Å². The average Bonchev–Trinajstić information content (AvgIpc) is 3.45. The molecule has 1 aliphatic carbocycles. The zero-order valence-corrected chi connectivity index (χ0v) is 18.9. The Morgan fingerprint density at radius 1 is 1.19 bits per heavy atom. The number of aromatic nitrogens is 2. The largest absolute Gasteiger partial charge is 0.467 e. The summed E-state index contributed by atoms with van der Waals surface area (Å²) in [5.41, 5.74) is 3.08. The van der Waals surface area contributed by atoms with Crippen molar-refractivity contribution in [2.75, 3.05) is 4.90 Å². The minimum absolute atomic E-state index is 0.0323. The first kappa shape index (κ1) is 20.7. The molecule has 7 heteroatoms. The van der Waals surface area contributed by atoms with Gasteiger partial charge in [-0.2, -0.15) is 0 Å². The number of nitrogens with zero attached hydrogens (tertiary/aromatic N) is 3. The van der Waals surface area contributed by atoms with E-state index in [9.17, 15) is 9.59 Å². The van der Waals surface area contributed by atoms with Gasteiger partial charge in [0.1, 0.15) is 10.6 Å². The molecule has 0 bridgehead atoms. The Morgan fingerprint density at radius 3 is 2.78 bits per heavy atom. The van der Waals surface area contributed by atoms with Crippen LogP contribution in [0.25, 0.3) is 10.2 Å². The van der Waals surface area contributed by atoms with Crippen molar-refractivity contribution in [1.82, 2.24) is 9.55 Å². The lowest BCUT2D eigenvalue weighted by Gasteiger charge is -2.22. The van der Waals surface area contributed by atoms with E-state index in [4.69, 9.17) is 4.42 Å². The number of hydrogen-bond donors (Lipinski definition) is 0. The monoisotopic (exact) mass is 447 g/mol. The van der Waals surface area contributed by atoms with E-state index < -0.39 is 0 Å². The van der Waals surface area contributed by atoms with Gasteiger partial charge in [0.25, 0.3) is 5.56 Å². The van der Waals surface area contributed by atoms with Gasteiger partial charge in [0.05, 0.1) is 24.5 Å². The summed E-state index contributed by atoms with van der Waals surface area (Å²) >= 11 is 1.64. The summed E-state index contributed by atoms with van der Waals surface area (Å²) in [5.74, 6) is 0.647. The van der Waals surface area contributed by atoms with Gasteiger partial charge in [-0.15, -0.1) is 11.3 Å². The highest BCUT2D eigenvalue weighted by atomic mass is 32.1. The van der Waals surface area contributed by atoms with Gasteiger partial charge >= 0.3 is 0 Å². The molecule has 6 nitrogen and oxygen atoms in total. The predicted molar refractivity (Wildman–Crippen MR) is 126 cm³/mol. The van der Waals surface area contributed by atoms with Crippen molar-refractivity contribution in [3.05, 3.63) is 81.1 Å². The highest BCUT2D eigenvalue weighted by Gasteiger charge is 2.21. The first-order valence-electron chi connectivity index (χ1n) is 11.0. The van der Waals surface area contributed by atoms with Crippen molar-refractivity contribution in [1.29, 1.82) is 0 Å². The molecule has 32 heavy (non-hydrogen) atoms. The Bertz CT molecular complexity index is 1300. The third-order valence-corrected chi connectivity index (χ3v) is 7.25. The molecule has 0 saturated carbocycles. The molecular weight excluding hydrogens is 422 g/mol. The molecule has 1 amide bonds. The third kappa shape index (κ3) is 4.00. The van der Waals surface area contributed by atoms with Crippen molar-refractivity contribution in [3.63, 3.8) is 0 Å². The Morgan fingerprint density at radius 2 is 2.00 bits per heavy atom. The molecular formula is C25H25N3O3S. The topological polar surface area (TPSA) is 68.3 Å². The Hall–Kier alpha value is -3.19. The summed E-state index contributed by atoms with van der Waals surface area (Å²) in [7, 11) is 0. The molecule has 0 aliphatic heterocycles. The number of hydrogen-bond acceptors (Lipinski definition) is 5. The number of carbonyl (C=O) groups is 1.